The molecule has 0 radical (unpaired) electrons. The monoisotopic (exact) mass is 411 g/mol. The van der Waals surface area contributed by atoms with Gasteiger partial charge >= 0.3 is 6.03 Å². The molecule has 0 saturated heterocycles. The maximum absolute atomic E-state index is 12.4. The Morgan fingerprint density at radius 2 is 2.19 bits per heavy atom. The number of nitrogens with zero attached hydrogens (tertiary/aromatic N) is 2. The highest BCUT2D eigenvalue weighted by molar-refractivity contribution is 7.16. The Labute approximate surface area is 166 Å². The third-order valence-electron chi connectivity index (χ3n) is 4.42. The summed E-state index contributed by atoms with van der Waals surface area (Å²) in [6.45, 7) is 4.87. The van der Waals surface area contributed by atoms with Gasteiger partial charge in [-0.15, -0.1) is 22.7 Å². The number of thiophene rings is 2. The van der Waals surface area contributed by atoms with Gasteiger partial charge in [-0.3, -0.25) is 4.79 Å². The second kappa shape index (κ2) is 8.88. The van der Waals surface area contributed by atoms with Crippen molar-refractivity contribution in [3.05, 3.63) is 43.2 Å². The van der Waals surface area contributed by atoms with Gasteiger partial charge in [0.05, 0.1) is 10.9 Å². The molecule has 26 heavy (non-hydrogen) atoms. The number of nitrogens with one attached hydrogen (secondary N) is 1. The quantitative estimate of drug-likeness (QED) is 0.781. The zero-order chi connectivity index (χ0) is 18.5. The molecule has 5 nitrogen and oxygen atoms in total. The second-order valence-electron chi connectivity index (χ2n) is 6.14. The van der Waals surface area contributed by atoms with Crippen LogP contribution in [0.25, 0.3) is 0 Å². The van der Waals surface area contributed by atoms with E-state index in [0.29, 0.717) is 32.6 Å². The van der Waals surface area contributed by atoms with Crippen molar-refractivity contribution in [1.82, 2.24) is 15.1 Å². The van der Waals surface area contributed by atoms with Gasteiger partial charge in [0.25, 0.3) is 0 Å². The minimum absolute atomic E-state index is 0.0928. The van der Waals surface area contributed by atoms with E-state index >= 15 is 0 Å². The number of hydrogen-bond acceptors (Lipinski definition) is 4. The molecular formula is C18H22ClN3O2S2. The Balaban J connectivity index is 1.43. The van der Waals surface area contributed by atoms with Crippen LogP contribution in [-0.2, 0) is 24.3 Å². The molecule has 0 fully saturated rings. The summed E-state index contributed by atoms with van der Waals surface area (Å²) >= 11 is 9.18. The van der Waals surface area contributed by atoms with Crippen LogP contribution in [0, 0.1) is 0 Å². The normalized spacial score (nSPS) is 13.4. The van der Waals surface area contributed by atoms with Gasteiger partial charge in [0.2, 0.25) is 5.91 Å². The average molecular weight is 412 g/mol. The first-order valence-corrected chi connectivity index (χ1v) is 10.7. The molecule has 140 valence electrons. The standard InChI is InChI=1S/C18H22ClN3O2S2/c1-2-21(12-14-3-4-16(19)26-14)18(24)20-8-5-17(23)22-9-6-15-13(11-22)7-10-25-15/h3-4,7,10H,2,5-6,8-9,11-12H2,1H3,(H,20,24). The molecule has 0 saturated carbocycles. The van der Waals surface area contributed by atoms with Crippen molar-refractivity contribution in [3.8, 4) is 0 Å². The molecule has 2 aromatic rings. The number of urea groups is 1. The van der Waals surface area contributed by atoms with Crippen LogP contribution in [0.4, 0.5) is 4.79 Å². The lowest BCUT2D eigenvalue weighted by Gasteiger charge is -2.27. The van der Waals surface area contributed by atoms with E-state index in [9.17, 15) is 9.59 Å². The molecular weight excluding hydrogens is 390 g/mol. The minimum atomic E-state index is -0.149. The fourth-order valence-electron chi connectivity index (χ4n) is 2.96. The van der Waals surface area contributed by atoms with E-state index in [4.69, 9.17) is 11.6 Å². The number of halogens is 1. The molecule has 1 aliphatic heterocycles. The molecule has 0 aliphatic carbocycles. The Bertz CT molecular complexity index is 774. The lowest BCUT2D eigenvalue weighted by atomic mass is 10.1. The molecule has 0 unspecified atom stereocenters. The van der Waals surface area contributed by atoms with Crippen LogP contribution in [0.1, 0.15) is 28.7 Å². The molecule has 1 aliphatic rings. The van der Waals surface area contributed by atoms with E-state index in [-0.39, 0.29) is 11.9 Å². The van der Waals surface area contributed by atoms with Gasteiger partial charge in [0, 0.05) is 42.4 Å². The largest absolute Gasteiger partial charge is 0.338 e. The number of rotatable bonds is 6. The van der Waals surface area contributed by atoms with Crippen molar-refractivity contribution in [2.45, 2.75) is 32.9 Å². The topological polar surface area (TPSA) is 52.7 Å². The second-order valence-corrected chi connectivity index (χ2v) is 8.94. The summed E-state index contributed by atoms with van der Waals surface area (Å²) in [4.78, 5) is 30.8. The molecule has 0 aromatic carbocycles. The van der Waals surface area contributed by atoms with Crippen LogP contribution in [0.15, 0.2) is 23.6 Å². The van der Waals surface area contributed by atoms with Crippen molar-refractivity contribution >= 4 is 46.2 Å². The molecule has 3 heterocycles. The van der Waals surface area contributed by atoms with Crippen molar-refractivity contribution in [2.75, 3.05) is 19.6 Å². The Morgan fingerprint density at radius 1 is 1.35 bits per heavy atom. The first-order valence-electron chi connectivity index (χ1n) is 8.66. The van der Waals surface area contributed by atoms with E-state index in [1.165, 1.54) is 21.8 Å². The Hall–Kier alpha value is -1.57. The van der Waals surface area contributed by atoms with Crippen molar-refractivity contribution < 1.29 is 9.59 Å². The number of hydrogen-bond donors (Lipinski definition) is 1. The van der Waals surface area contributed by atoms with Crippen LogP contribution in [0.5, 0.6) is 0 Å². The van der Waals surface area contributed by atoms with Crippen LogP contribution in [0.2, 0.25) is 4.34 Å². The summed E-state index contributed by atoms with van der Waals surface area (Å²) in [5.74, 6) is 0.0928. The summed E-state index contributed by atoms with van der Waals surface area (Å²) in [5, 5.41) is 4.94. The van der Waals surface area contributed by atoms with E-state index in [1.807, 2.05) is 24.0 Å². The molecule has 1 N–H and O–H groups in total. The van der Waals surface area contributed by atoms with Gasteiger partial charge in [0.15, 0.2) is 0 Å². The van der Waals surface area contributed by atoms with Crippen LogP contribution in [-0.4, -0.2) is 41.4 Å². The fraction of sp³-hybridized carbons (Fsp3) is 0.444. The number of carbonyl (C=O) groups is 2. The van der Waals surface area contributed by atoms with Gasteiger partial charge in [-0.1, -0.05) is 11.6 Å². The SMILES string of the molecule is CCN(Cc1ccc(Cl)s1)C(=O)NCCC(=O)N1CCc2sccc2C1. The predicted octanol–water partition coefficient (Wildman–Crippen LogP) is 3.97. The highest BCUT2D eigenvalue weighted by atomic mass is 35.5. The van der Waals surface area contributed by atoms with Crippen LogP contribution < -0.4 is 5.32 Å². The highest BCUT2D eigenvalue weighted by Crippen LogP contribution is 2.24. The van der Waals surface area contributed by atoms with Gasteiger partial charge in [-0.25, -0.2) is 4.79 Å². The van der Waals surface area contributed by atoms with E-state index in [2.05, 4.69) is 16.8 Å². The lowest BCUT2D eigenvalue weighted by molar-refractivity contribution is -0.131. The molecule has 0 spiro atoms. The van der Waals surface area contributed by atoms with Gasteiger partial charge < -0.3 is 15.1 Å². The van der Waals surface area contributed by atoms with E-state index in [0.717, 1.165) is 22.2 Å². The van der Waals surface area contributed by atoms with Crippen LogP contribution >= 0.6 is 34.3 Å². The number of fused-ring (bicyclic) bond motifs is 1. The summed E-state index contributed by atoms with van der Waals surface area (Å²) < 4.78 is 0.720. The third-order valence-corrected chi connectivity index (χ3v) is 6.66. The van der Waals surface area contributed by atoms with Gasteiger partial charge in [-0.05, 0) is 42.5 Å². The first-order chi connectivity index (χ1) is 12.6. The third kappa shape index (κ3) is 4.78. The number of carbonyl (C=O) groups excluding carboxylic acids is 2. The van der Waals surface area contributed by atoms with Gasteiger partial charge in [0.1, 0.15) is 0 Å². The molecule has 0 bridgehead atoms. The molecule has 3 rings (SSSR count). The molecule has 2 aromatic heterocycles. The Kier molecular flexibility index (Phi) is 6.56. The predicted molar refractivity (Wildman–Crippen MR) is 107 cm³/mol. The minimum Gasteiger partial charge on any atom is -0.338 e. The maximum atomic E-state index is 12.4. The summed E-state index contributed by atoms with van der Waals surface area (Å²) in [6.07, 6.45) is 1.26. The van der Waals surface area contributed by atoms with Gasteiger partial charge in [-0.2, -0.15) is 0 Å². The van der Waals surface area contributed by atoms with E-state index in [1.54, 1.807) is 16.2 Å². The summed E-state index contributed by atoms with van der Waals surface area (Å²) in [7, 11) is 0. The summed E-state index contributed by atoms with van der Waals surface area (Å²) in [6, 6.07) is 5.71. The lowest BCUT2D eigenvalue weighted by Crippen LogP contribution is -2.42. The van der Waals surface area contributed by atoms with Crippen molar-refractivity contribution in [3.63, 3.8) is 0 Å². The fourth-order valence-corrected chi connectivity index (χ4v) is 4.95. The Morgan fingerprint density at radius 3 is 2.92 bits per heavy atom. The van der Waals surface area contributed by atoms with Crippen molar-refractivity contribution in [2.24, 2.45) is 0 Å². The summed E-state index contributed by atoms with van der Waals surface area (Å²) in [5.41, 5.74) is 1.26. The molecule has 8 heteroatoms. The zero-order valence-electron chi connectivity index (χ0n) is 14.7. The number of amides is 3. The van der Waals surface area contributed by atoms with E-state index < -0.39 is 0 Å². The molecule has 3 amide bonds. The maximum Gasteiger partial charge on any atom is 0.317 e. The zero-order valence-corrected chi connectivity index (χ0v) is 17.1. The average Bonchev–Trinajstić information content (AvgIpc) is 3.27. The highest BCUT2D eigenvalue weighted by Gasteiger charge is 2.21. The molecule has 0 atom stereocenters. The van der Waals surface area contributed by atoms with Crippen molar-refractivity contribution in [1.29, 1.82) is 0 Å². The van der Waals surface area contributed by atoms with Crippen LogP contribution in [0.3, 0.4) is 0 Å². The first kappa shape index (κ1) is 19.2. The smallest absolute Gasteiger partial charge is 0.317 e.